The highest BCUT2D eigenvalue weighted by Crippen LogP contribution is 2.37. The van der Waals surface area contributed by atoms with Crippen molar-refractivity contribution >= 4 is 16.1 Å². The van der Waals surface area contributed by atoms with Crippen LogP contribution in [0.2, 0.25) is 0 Å². The molecule has 1 fully saturated rings. The molecule has 0 saturated heterocycles. The van der Waals surface area contributed by atoms with Gasteiger partial charge in [0.1, 0.15) is 6.61 Å². The van der Waals surface area contributed by atoms with Crippen LogP contribution in [0.3, 0.4) is 0 Å². The van der Waals surface area contributed by atoms with Crippen LogP contribution < -0.4 is 5.32 Å². The number of hydrogen-bond donors (Lipinski definition) is 1. The van der Waals surface area contributed by atoms with Gasteiger partial charge < -0.3 is 10.1 Å². The first-order valence-electron chi connectivity index (χ1n) is 10.7. The quantitative estimate of drug-likeness (QED) is 0.609. The van der Waals surface area contributed by atoms with Gasteiger partial charge in [0.25, 0.3) is 0 Å². The van der Waals surface area contributed by atoms with Gasteiger partial charge in [-0.25, -0.2) is 14.8 Å². The van der Waals surface area contributed by atoms with E-state index < -0.39 is 10.0 Å². The van der Waals surface area contributed by atoms with E-state index >= 15 is 0 Å². The summed E-state index contributed by atoms with van der Waals surface area (Å²) in [5.41, 5.74) is 2.44. The lowest BCUT2D eigenvalue weighted by Gasteiger charge is -2.50. The first kappa shape index (κ1) is 22.7. The van der Waals surface area contributed by atoms with E-state index in [4.69, 9.17) is 4.74 Å². The molecular formula is C25H36N2O2S. The van der Waals surface area contributed by atoms with Crippen molar-refractivity contribution in [3.8, 4) is 0 Å². The van der Waals surface area contributed by atoms with Crippen LogP contribution in [0.25, 0.3) is 0 Å². The highest BCUT2D eigenvalue weighted by Gasteiger charge is 2.44. The number of nitrogens with zero attached hydrogens (tertiary/aromatic N) is 1. The Morgan fingerprint density at radius 1 is 1.00 bits per heavy atom. The minimum absolute atomic E-state index is 0.192. The maximum atomic E-state index is 12.3. The maximum Gasteiger partial charge on any atom is 0.407 e. The molecule has 1 aliphatic rings. The van der Waals surface area contributed by atoms with Gasteiger partial charge in [-0.1, -0.05) is 60.7 Å². The molecule has 0 bridgehead atoms. The number of benzene rings is 2. The van der Waals surface area contributed by atoms with E-state index in [1.807, 2.05) is 0 Å². The van der Waals surface area contributed by atoms with Crippen LogP contribution in [0.4, 0.5) is 4.79 Å². The Morgan fingerprint density at radius 2 is 1.50 bits per heavy atom. The standard InChI is InChI=1S/C25H36N2O2S/c1-25(26-24(28)29-15-16-30(2,3)4)17-23(18-25)27(19-21-11-7-5-8-12-21)20-22-13-9-6-10-14-22/h5-14,23H,15-20H2,1-4H3,(H,26,28). The van der Waals surface area contributed by atoms with Crippen molar-refractivity contribution in [3.63, 3.8) is 0 Å². The van der Waals surface area contributed by atoms with Crippen molar-refractivity contribution in [1.29, 1.82) is 0 Å². The summed E-state index contributed by atoms with van der Waals surface area (Å²) in [6, 6.07) is 21.7. The molecule has 0 spiro atoms. The summed E-state index contributed by atoms with van der Waals surface area (Å²) in [4.78, 5) is 14.8. The molecule has 0 aliphatic heterocycles. The third-order valence-electron chi connectivity index (χ3n) is 5.68. The van der Waals surface area contributed by atoms with E-state index in [-0.39, 0.29) is 11.6 Å². The van der Waals surface area contributed by atoms with E-state index in [1.54, 1.807) is 0 Å². The molecule has 0 atom stereocenters. The molecule has 30 heavy (non-hydrogen) atoms. The van der Waals surface area contributed by atoms with E-state index in [1.165, 1.54) is 11.1 Å². The zero-order chi connectivity index (χ0) is 21.6. The Bertz CT molecular complexity index is 757. The van der Waals surface area contributed by atoms with Crippen molar-refractivity contribution in [2.75, 3.05) is 31.1 Å². The fraction of sp³-hybridized carbons (Fsp3) is 0.480. The average Bonchev–Trinajstić information content (AvgIpc) is 2.66. The molecule has 1 saturated carbocycles. The Kier molecular flexibility index (Phi) is 7.48. The summed E-state index contributed by atoms with van der Waals surface area (Å²) in [5, 5.41) is 3.11. The molecule has 1 aliphatic carbocycles. The molecule has 0 aromatic heterocycles. The van der Waals surface area contributed by atoms with Gasteiger partial charge in [0.05, 0.1) is 0 Å². The number of rotatable bonds is 9. The topological polar surface area (TPSA) is 41.6 Å². The Labute approximate surface area is 183 Å². The number of hydrogen-bond acceptors (Lipinski definition) is 3. The van der Waals surface area contributed by atoms with Crippen molar-refractivity contribution in [2.24, 2.45) is 0 Å². The largest absolute Gasteiger partial charge is 0.449 e. The van der Waals surface area contributed by atoms with Gasteiger partial charge in [0, 0.05) is 30.4 Å². The Balaban J connectivity index is 1.56. The molecule has 164 valence electrons. The second-order valence-corrected chi connectivity index (χ2v) is 14.1. The molecule has 0 heterocycles. The molecule has 5 heteroatoms. The number of amides is 1. The summed E-state index contributed by atoms with van der Waals surface area (Å²) in [6.07, 6.45) is 8.30. The highest BCUT2D eigenvalue weighted by atomic mass is 32.3. The van der Waals surface area contributed by atoms with Crippen LogP contribution >= 0.6 is 10.0 Å². The van der Waals surface area contributed by atoms with Crippen LogP contribution in [0.1, 0.15) is 30.9 Å². The van der Waals surface area contributed by atoms with Crippen LogP contribution in [0.5, 0.6) is 0 Å². The average molecular weight is 429 g/mol. The van der Waals surface area contributed by atoms with E-state index in [2.05, 4.69) is 96.6 Å². The van der Waals surface area contributed by atoms with Gasteiger partial charge >= 0.3 is 6.09 Å². The molecule has 1 N–H and O–H groups in total. The molecule has 3 rings (SSSR count). The summed E-state index contributed by atoms with van der Waals surface area (Å²) in [7, 11) is -0.646. The van der Waals surface area contributed by atoms with E-state index in [0.717, 1.165) is 31.7 Å². The molecule has 2 aromatic carbocycles. The van der Waals surface area contributed by atoms with E-state index in [0.29, 0.717) is 12.6 Å². The number of carbonyl (C=O) groups excluding carboxylic acids is 1. The van der Waals surface area contributed by atoms with Gasteiger partial charge in [0.2, 0.25) is 0 Å². The molecule has 2 aromatic rings. The summed E-state index contributed by atoms with van der Waals surface area (Å²) in [6.45, 7) is 4.45. The minimum atomic E-state index is -0.646. The van der Waals surface area contributed by atoms with Crippen molar-refractivity contribution in [1.82, 2.24) is 10.2 Å². The van der Waals surface area contributed by atoms with Crippen molar-refractivity contribution in [2.45, 2.75) is 44.4 Å². The molecule has 0 radical (unpaired) electrons. The third-order valence-corrected chi connectivity index (χ3v) is 7.07. The second-order valence-electron chi connectivity index (χ2n) is 9.55. The monoisotopic (exact) mass is 428 g/mol. The molecular weight excluding hydrogens is 392 g/mol. The van der Waals surface area contributed by atoms with Gasteiger partial charge in [-0.2, -0.15) is 0 Å². The SMILES string of the molecule is CC1(NC(=O)OCCS(C)(C)C)CC(N(Cc2ccccc2)Cc2ccccc2)C1. The number of nitrogens with one attached hydrogen (secondary N) is 1. The molecule has 4 nitrogen and oxygen atoms in total. The minimum Gasteiger partial charge on any atom is -0.449 e. The first-order chi connectivity index (χ1) is 14.2. The summed E-state index contributed by atoms with van der Waals surface area (Å²) in [5.74, 6) is 0.946. The van der Waals surface area contributed by atoms with Crippen LogP contribution in [0, 0.1) is 0 Å². The Morgan fingerprint density at radius 3 is 1.97 bits per heavy atom. The molecule has 1 amide bonds. The van der Waals surface area contributed by atoms with E-state index in [9.17, 15) is 4.79 Å². The zero-order valence-corrected chi connectivity index (χ0v) is 19.6. The lowest BCUT2D eigenvalue weighted by atomic mass is 9.73. The third kappa shape index (κ3) is 7.06. The number of ether oxygens (including phenoxy) is 1. The lowest BCUT2D eigenvalue weighted by molar-refractivity contribution is 0.0313. The van der Waals surface area contributed by atoms with Gasteiger partial charge in [-0.05, 0) is 49.7 Å². The maximum absolute atomic E-state index is 12.3. The van der Waals surface area contributed by atoms with Gasteiger partial charge in [0.15, 0.2) is 0 Å². The summed E-state index contributed by atoms with van der Waals surface area (Å²) < 4.78 is 5.43. The fourth-order valence-corrected chi connectivity index (χ4v) is 4.54. The zero-order valence-electron chi connectivity index (χ0n) is 18.8. The first-order valence-corrected chi connectivity index (χ1v) is 13.7. The fourth-order valence-electron chi connectivity index (χ4n) is 3.96. The Hall–Kier alpha value is -1.98. The number of alkyl carbamates (subject to hydrolysis) is 1. The normalized spacial score (nSPS) is 21.7. The predicted octanol–water partition coefficient (Wildman–Crippen LogP) is 5.03. The molecule has 0 unspecified atom stereocenters. The van der Waals surface area contributed by atoms with Crippen LogP contribution in [-0.2, 0) is 17.8 Å². The smallest absolute Gasteiger partial charge is 0.407 e. The summed E-state index contributed by atoms with van der Waals surface area (Å²) >= 11 is 0. The van der Waals surface area contributed by atoms with Crippen LogP contribution in [0.15, 0.2) is 60.7 Å². The predicted molar refractivity (Wildman–Crippen MR) is 128 cm³/mol. The highest BCUT2D eigenvalue weighted by molar-refractivity contribution is 8.32. The van der Waals surface area contributed by atoms with Gasteiger partial charge in [-0.3, -0.25) is 4.90 Å². The van der Waals surface area contributed by atoms with Crippen molar-refractivity contribution < 1.29 is 9.53 Å². The number of carbonyl (C=O) groups is 1. The van der Waals surface area contributed by atoms with Crippen LogP contribution in [-0.4, -0.2) is 53.7 Å². The van der Waals surface area contributed by atoms with Crippen molar-refractivity contribution in [3.05, 3.63) is 71.8 Å². The van der Waals surface area contributed by atoms with Gasteiger partial charge in [-0.15, -0.1) is 0 Å². The second kappa shape index (κ2) is 9.88. The lowest BCUT2D eigenvalue weighted by Crippen LogP contribution is -2.61.